The van der Waals surface area contributed by atoms with Gasteiger partial charge in [-0.05, 0) is 37.1 Å². The van der Waals surface area contributed by atoms with Gasteiger partial charge in [-0.3, -0.25) is 14.6 Å². The summed E-state index contributed by atoms with van der Waals surface area (Å²) in [6, 6.07) is 5.67. The summed E-state index contributed by atoms with van der Waals surface area (Å²) in [5, 5.41) is 4.18. The molecule has 1 aromatic carbocycles. The number of carbonyl (C=O) groups excluding carboxylic acids is 2. The van der Waals surface area contributed by atoms with E-state index < -0.39 is 0 Å². The second-order valence-corrected chi connectivity index (χ2v) is 6.88. The SMILES string of the molecule is Nc1c(C(=O)C2CCCN(C(=O)c3cnccn3)C2)cnn1-c1ccc(F)cc1. The number of nitrogens with zero attached hydrogens (tertiary/aromatic N) is 5. The molecule has 0 bridgehead atoms. The topological polar surface area (TPSA) is 107 Å². The van der Waals surface area contributed by atoms with Crippen LogP contribution in [0.25, 0.3) is 5.69 Å². The van der Waals surface area contributed by atoms with E-state index in [1.54, 1.807) is 4.90 Å². The maximum Gasteiger partial charge on any atom is 0.274 e. The van der Waals surface area contributed by atoms with E-state index in [-0.39, 0.29) is 41.5 Å². The van der Waals surface area contributed by atoms with Crippen molar-refractivity contribution in [3.63, 3.8) is 0 Å². The molecule has 1 fully saturated rings. The van der Waals surface area contributed by atoms with Crippen LogP contribution in [-0.2, 0) is 0 Å². The summed E-state index contributed by atoms with van der Waals surface area (Å²) < 4.78 is 14.5. The molecule has 9 heteroatoms. The van der Waals surface area contributed by atoms with Gasteiger partial charge in [0.2, 0.25) is 0 Å². The Morgan fingerprint density at radius 1 is 1.14 bits per heavy atom. The Balaban J connectivity index is 1.52. The van der Waals surface area contributed by atoms with Gasteiger partial charge in [0, 0.05) is 31.4 Å². The molecule has 2 N–H and O–H groups in total. The second kappa shape index (κ2) is 7.78. The Hall–Kier alpha value is -3.62. The van der Waals surface area contributed by atoms with Crippen LogP contribution in [0.2, 0.25) is 0 Å². The van der Waals surface area contributed by atoms with E-state index in [1.807, 2.05) is 0 Å². The predicted octanol–water partition coefficient (Wildman–Crippen LogP) is 2.12. The third-order valence-corrected chi connectivity index (χ3v) is 5.00. The van der Waals surface area contributed by atoms with Crippen molar-refractivity contribution in [3.8, 4) is 5.69 Å². The van der Waals surface area contributed by atoms with Crippen molar-refractivity contribution < 1.29 is 14.0 Å². The first-order valence-corrected chi connectivity index (χ1v) is 9.23. The van der Waals surface area contributed by atoms with Gasteiger partial charge in [0.1, 0.15) is 17.3 Å². The molecule has 2 aromatic heterocycles. The van der Waals surface area contributed by atoms with Gasteiger partial charge in [0.25, 0.3) is 5.91 Å². The van der Waals surface area contributed by atoms with Crippen LogP contribution in [-0.4, -0.2) is 49.4 Å². The van der Waals surface area contributed by atoms with E-state index >= 15 is 0 Å². The molecule has 1 saturated heterocycles. The first kappa shape index (κ1) is 18.7. The summed E-state index contributed by atoms with van der Waals surface area (Å²) >= 11 is 0. The highest BCUT2D eigenvalue weighted by atomic mass is 19.1. The monoisotopic (exact) mass is 394 g/mol. The number of piperidine rings is 1. The molecule has 148 valence electrons. The molecule has 8 nitrogen and oxygen atoms in total. The molecule has 3 aromatic rings. The van der Waals surface area contributed by atoms with Crippen molar-refractivity contribution in [3.05, 3.63) is 66.1 Å². The molecule has 1 unspecified atom stereocenters. The first-order chi connectivity index (χ1) is 14.0. The summed E-state index contributed by atoms with van der Waals surface area (Å²) in [7, 11) is 0. The molecule has 4 rings (SSSR count). The van der Waals surface area contributed by atoms with Crippen molar-refractivity contribution in [1.29, 1.82) is 0 Å². The quantitative estimate of drug-likeness (QED) is 0.679. The lowest BCUT2D eigenvalue weighted by Gasteiger charge is -2.31. The third-order valence-electron chi connectivity index (χ3n) is 5.00. The molecule has 0 saturated carbocycles. The average Bonchev–Trinajstić information content (AvgIpc) is 3.15. The van der Waals surface area contributed by atoms with Gasteiger partial charge in [-0.2, -0.15) is 5.10 Å². The predicted molar refractivity (Wildman–Crippen MR) is 103 cm³/mol. The van der Waals surface area contributed by atoms with E-state index in [4.69, 9.17) is 5.73 Å². The van der Waals surface area contributed by atoms with E-state index in [9.17, 15) is 14.0 Å². The summed E-state index contributed by atoms with van der Waals surface area (Å²) in [5.74, 6) is -0.958. The number of halogens is 1. The van der Waals surface area contributed by atoms with Crippen molar-refractivity contribution >= 4 is 17.5 Å². The van der Waals surface area contributed by atoms with Crippen LogP contribution in [0.1, 0.15) is 33.7 Å². The van der Waals surface area contributed by atoms with Crippen LogP contribution in [0, 0.1) is 11.7 Å². The molecule has 0 spiro atoms. The fourth-order valence-electron chi connectivity index (χ4n) is 3.50. The first-order valence-electron chi connectivity index (χ1n) is 9.23. The fraction of sp³-hybridized carbons (Fsp3) is 0.250. The number of Topliss-reactive ketones (excluding diaryl/α,β-unsaturated/α-hetero) is 1. The summed E-state index contributed by atoms with van der Waals surface area (Å²) in [6.45, 7) is 0.846. The van der Waals surface area contributed by atoms with Crippen LogP contribution in [0.3, 0.4) is 0 Å². The summed E-state index contributed by atoms with van der Waals surface area (Å²) in [4.78, 5) is 35.3. The Kier molecular flexibility index (Phi) is 5.03. The molecule has 1 atom stereocenters. The van der Waals surface area contributed by atoms with Gasteiger partial charge < -0.3 is 10.6 Å². The standard InChI is InChI=1S/C20H19FN6O2/c21-14-3-5-15(6-4-14)27-19(22)16(10-25-27)18(28)13-2-1-9-26(12-13)20(29)17-11-23-7-8-24-17/h3-8,10-11,13H,1-2,9,12,22H2. The number of carbonyl (C=O) groups is 2. The van der Waals surface area contributed by atoms with Crippen LogP contribution < -0.4 is 5.73 Å². The second-order valence-electron chi connectivity index (χ2n) is 6.88. The minimum Gasteiger partial charge on any atom is -0.383 e. The molecule has 0 aliphatic carbocycles. The Morgan fingerprint density at radius 3 is 2.66 bits per heavy atom. The van der Waals surface area contributed by atoms with E-state index in [1.165, 1.54) is 53.7 Å². The number of nitrogens with two attached hydrogens (primary N) is 1. The molecule has 3 heterocycles. The maximum absolute atomic E-state index is 13.1. The smallest absolute Gasteiger partial charge is 0.274 e. The maximum atomic E-state index is 13.1. The average molecular weight is 394 g/mol. The highest BCUT2D eigenvalue weighted by Crippen LogP contribution is 2.26. The van der Waals surface area contributed by atoms with Crippen LogP contribution in [0.4, 0.5) is 10.2 Å². The number of nitrogen functional groups attached to an aromatic ring is 1. The van der Waals surface area contributed by atoms with Gasteiger partial charge >= 0.3 is 0 Å². The Labute approximate surface area is 166 Å². The molecule has 0 radical (unpaired) electrons. The lowest BCUT2D eigenvalue weighted by molar-refractivity contribution is 0.0632. The largest absolute Gasteiger partial charge is 0.383 e. The minimum absolute atomic E-state index is 0.160. The lowest BCUT2D eigenvalue weighted by Crippen LogP contribution is -2.42. The number of amides is 1. The molecular weight excluding hydrogens is 375 g/mol. The lowest BCUT2D eigenvalue weighted by atomic mass is 9.90. The van der Waals surface area contributed by atoms with E-state index in [2.05, 4.69) is 15.1 Å². The molecule has 1 aliphatic heterocycles. The van der Waals surface area contributed by atoms with Gasteiger partial charge in [-0.1, -0.05) is 0 Å². The number of ketones is 1. The molecule has 1 aliphatic rings. The highest BCUT2D eigenvalue weighted by Gasteiger charge is 2.32. The van der Waals surface area contributed by atoms with Crippen molar-refractivity contribution in [2.24, 2.45) is 5.92 Å². The van der Waals surface area contributed by atoms with Crippen LogP contribution >= 0.6 is 0 Å². The summed E-state index contributed by atoms with van der Waals surface area (Å²) in [5.41, 5.74) is 7.27. The van der Waals surface area contributed by atoms with Gasteiger partial charge in [-0.25, -0.2) is 14.1 Å². The van der Waals surface area contributed by atoms with Crippen molar-refractivity contribution in [2.75, 3.05) is 18.8 Å². The van der Waals surface area contributed by atoms with E-state index in [0.29, 0.717) is 30.6 Å². The van der Waals surface area contributed by atoms with Gasteiger partial charge in [0.05, 0.1) is 23.6 Å². The molecular formula is C20H19FN6O2. The van der Waals surface area contributed by atoms with Crippen LogP contribution in [0.15, 0.2) is 49.1 Å². The fourth-order valence-corrected chi connectivity index (χ4v) is 3.50. The zero-order chi connectivity index (χ0) is 20.4. The number of anilines is 1. The highest BCUT2D eigenvalue weighted by molar-refractivity contribution is 6.02. The number of hydrogen-bond acceptors (Lipinski definition) is 6. The molecule has 29 heavy (non-hydrogen) atoms. The van der Waals surface area contributed by atoms with Crippen LogP contribution in [0.5, 0.6) is 0 Å². The number of likely N-dealkylation sites (tertiary alicyclic amines) is 1. The molecule has 1 amide bonds. The van der Waals surface area contributed by atoms with Crippen molar-refractivity contribution in [2.45, 2.75) is 12.8 Å². The van der Waals surface area contributed by atoms with Crippen molar-refractivity contribution in [1.82, 2.24) is 24.6 Å². The van der Waals surface area contributed by atoms with E-state index in [0.717, 1.165) is 0 Å². The summed E-state index contributed by atoms with van der Waals surface area (Å²) in [6.07, 6.45) is 7.16. The Bertz CT molecular complexity index is 1030. The minimum atomic E-state index is -0.377. The zero-order valence-corrected chi connectivity index (χ0v) is 15.5. The normalized spacial score (nSPS) is 16.6. The number of aromatic nitrogens is 4. The number of benzene rings is 1. The van der Waals surface area contributed by atoms with Gasteiger partial charge in [0.15, 0.2) is 5.78 Å². The zero-order valence-electron chi connectivity index (χ0n) is 15.5. The number of rotatable bonds is 4. The van der Waals surface area contributed by atoms with Gasteiger partial charge in [-0.15, -0.1) is 0 Å². The number of hydrogen-bond donors (Lipinski definition) is 1. The Morgan fingerprint density at radius 2 is 1.93 bits per heavy atom. The third kappa shape index (κ3) is 3.71.